The summed E-state index contributed by atoms with van der Waals surface area (Å²) in [5, 5.41) is 11.3. The lowest BCUT2D eigenvalue weighted by Gasteiger charge is -2.29. The lowest BCUT2D eigenvalue weighted by Crippen LogP contribution is -2.48. The Morgan fingerprint density at radius 3 is 2.50 bits per heavy atom. The molecular formula is C36H42N6O7S. The Kier molecular flexibility index (Phi) is 12.0. The van der Waals surface area contributed by atoms with E-state index in [1.807, 2.05) is 61.2 Å². The second kappa shape index (κ2) is 16.5. The number of esters is 1. The third-order valence-corrected chi connectivity index (χ3v) is 9.22. The largest absolute Gasteiger partial charge is 0.482 e. The molecular weight excluding hydrogens is 660 g/mol. The Balaban J connectivity index is 1.53. The molecule has 2 aromatic heterocycles. The van der Waals surface area contributed by atoms with Crippen LogP contribution in [0.4, 0.5) is 0 Å². The summed E-state index contributed by atoms with van der Waals surface area (Å²) in [7, 11) is 1.29. The standard InChI is InChI=1S/C36H42N6O7S/c1-21(2)31-35-41-32(23(4)49-35)34(46)37-22(3)36-39-27(20-50-36)33(45)38-26(15-24-11-7-6-8-12-24)17-42(18-29(43)40-31)16-25-13-9-10-14-28(25)48-19-30(44)47-5/h6-14,20-22,26,31H,15-19H2,1-5H3,(H,37,46)(H,38,45)(H,40,43)/t22-,26-,31+/m1/s1. The molecule has 0 spiro atoms. The van der Waals surface area contributed by atoms with Crippen molar-refractivity contribution in [2.24, 2.45) is 5.92 Å². The minimum absolute atomic E-state index is 0.0683. The van der Waals surface area contributed by atoms with Gasteiger partial charge in [-0.25, -0.2) is 14.8 Å². The molecule has 13 nitrogen and oxygen atoms in total. The molecule has 1 aliphatic heterocycles. The van der Waals surface area contributed by atoms with Gasteiger partial charge in [-0.3, -0.25) is 19.3 Å². The SMILES string of the molecule is COC(=O)COc1ccccc1CN1CC(=O)N[C@@H](C(C)C)c2nc(c(C)o2)C(=O)N[C@H](C)c2nc(cs2)C(=O)N[C@H](Cc2ccccc2)C1. The molecule has 0 saturated heterocycles. The first kappa shape index (κ1) is 36.2. The minimum atomic E-state index is -0.627. The number of nitrogens with one attached hydrogen (secondary N) is 3. The van der Waals surface area contributed by atoms with E-state index in [-0.39, 0.29) is 61.3 Å². The molecule has 14 heteroatoms. The summed E-state index contributed by atoms with van der Waals surface area (Å²) >= 11 is 1.27. The predicted octanol–water partition coefficient (Wildman–Crippen LogP) is 4.15. The number of nitrogens with zero attached hydrogens (tertiary/aromatic N) is 3. The fourth-order valence-electron chi connectivity index (χ4n) is 5.64. The number of rotatable bonds is 8. The van der Waals surface area contributed by atoms with Crippen molar-refractivity contribution < 1.29 is 33.1 Å². The molecule has 0 aliphatic carbocycles. The summed E-state index contributed by atoms with van der Waals surface area (Å²) in [6.45, 7) is 7.47. The quantitative estimate of drug-likeness (QED) is 0.227. The number of para-hydroxylation sites is 1. The van der Waals surface area contributed by atoms with E-state index >= 15 is 0 Å². The van der Waals surface area contributed by atoms with Crippen molar-refractivity contribution >= 4 is 35.0 Å². The first-order valence-corrected chi connectivity index (χ1v) is 17.3. The normalized spacial score (nSPS) is 19.2. The summed E-state index contributed by atoms with van der Waals surface area (Å²) in [4.78, 5) is 63.7. The molecule has 2 aromatic carbocycles. The third-order valence-electron chi connectivity index (χ3n) is 8.20. The van der Waals surface area contributed by atoms with E-state index in [0.29, 0.717) is 22.9 Å². The average Bonchev–Trinajstić information content (AvgIpc) is 3.74. The number of benzene rings is 2. The van der Waals surface area contributed by atoms with Gasteiger partial charge in [0.25, 0.3) is 11.8 Å². The number of ether oxygens (including phenoxy) is 2. The predicted molar refractivity (Wildman–Crippen MR) is 186 cm³/mol. The Hall–Kier alpha value is -5.08. The highest BCUT2D eigenvalue weighted by molar-refractivity contribution is 7.09. The summed E-state index contributed by atoms with van der Waals surface area (Å²) < 4.78 is 16.5. The highest BCUT2D eigenvalue weighted by Crippen LogP contribution is 2.26. The molecule has 1 aliphatic rings. The molecule has 0 saturated carbocycles. The highest BCUT2D eigenvalue weighted by Gasteiger charge is 2.30. The van der Waals surface area contributed by atoms with Crippen LogP contribution in [-0.2, 0) is 27.3 Å². The molecule has 5 rings (SSSR count). The second-order valence-electron chi connectivity index (χ2n) is 12.5. The van der Waals surface area contributed by atoms with Crippen LogP contribution in [0.1, 0.15) is 81.6 Å². The lowest BCUT2D eigenvalue weighted by molar-refractivity contribution is -0.142. The van der Waals surface area contributed by atoms with Crippen LogP contribution in [-0.4, -0.2) is 71.4 Å². The van der Waals surface area contributed by atoms with Crippen molar-refractivity contribution in [3.8, 4) is 5.75 Å². The number of hydrogen-bond donors (Lipinski definition) is 3. The molecule has 3 N–H and O–H groups in total. The number of carbonyl (C=O) groups is 4. The molecule has 0 fully saturated rings. The van der Waals surface area contributed by atoms with Gasteiger partial charge in [0.05, 0.1) is 19.7 Å². The molecule has 4 aromatic rings. The van der Waals surface area contributed by atoms with E-state index in [9.17, 15) is 19.2 Å². The third kappa shape index (κ3) is 9.33. The van der Waals surface area contributed by atoms with E-state index in [4.69, 9.17) is 13.9 Å². The number of amides is 3. The maximum atomic E-state index is 13.9. The van der Waals surface area contributed by atoms with Crippen molar-refractivity contribution in [1.82, 2.24) is 30.8 Å². The van der Waals surface area contributed by atoms with Gasteiger partial charge in [0.2, 0.25) is 11.8 Å². The molecule has 0 radical (unpaired) electrons. The number of aryl methyl sites for hydroxylation is 1. The van der Waals surface area contributed by atoms with Crippen LogP contribution in [0.25, 0.3) is 0 Å². The Morgan fingerprint density at radius 2 is 1.76 bits per heavy atom. The summed E-state index contributed by atoms with van der Waals surface area (Å²) in [6, 6.07) is 15.4. The zero-order valence-electron chi connectivity index (χ0n) is 28.7. The molecule has 4 bridgehead atoms. The van der Waals surface area contributed by atoms with E-state index in [1.54, 1.807) is 31.4 Å². The van der Waals surface area contributed by atoms with Gasteiger partial charge in [0.15, 0.2) is 12.3 Å². The number of hydrogen-bond acceptors (Lipinski definition) is 11. The summed E-state index contributed by atoms with van der Waals surface area (Å²) in [5.41, 5.74) is 2.05. The Bertz CT molecular complexity index is 1810. The van der Waals surface area contributed by atoms with Crippen LogP contribution in [0.3, 0.4) is 0 Å². The van der Waals surface area contributed by atoms with Crippen molar-refractivity contribution in [1.29, 1.82) is 0 Å². The average molecular weight is 703 g/mol. The van der Waals surface area contributed by atoms with Crippen molar-refractivity contribution in [2.75, 3.05) is 26.8 Å². The zero-order valence-corrected chi connectivity index (χ0v) is 29.5. The van der Waals surface area contributed by atoms with E-state index < -0.39 is 30.0 Å². The van der Waals surface area contributed by atoms with Gasteiger partial charge in [-0.15, -0.1) is 11.3 Å². The summed E-state index contributed by atoms with van der Waals surface area (Å²) in [6.07, 6.45) is 0.474. The minimum Gasteiger partial charge on any atom is -0.482 e. The zero-order chi connectivity index (χ0) is 35.8. The van der Waals surface area contributed by atoms with Crippen LogP contribution in [0.5, 0.6) is 5.75 Å². The monoisotopic (exact) mass is 702 g/mol. The molecule has 3 atom stereocenters. The molecule has 0 unspecified atom stereocenters. The highest BCUT2D eigenvalue weighted by atomic mass is 32.1. The van der Waals surface area contributed by atoms with Crippen molar-refractivity contribution in [3.05, 3.63) is 99.2 Å². The number of methoxy groups -OCH3 is 1. The summed E-state index contributed by atoms with van der Waals surface area (Å²) in [5.74, 6) is -0.798. The first-order valence-electron chi connectivity index (χ1n) is 16.4. The van der Waals surface area contributed by atoms with Gasteiger partial charge in [0.1, 0.15) is 28.3 Å². The van der Waals surface area contributed by atoms with E-state index in [1.165, 1.54) is 18.4 Å². The van der Waals surface area contributed by atoms with E-state index in [2.05, 4.69) is 25.9 Å². The Labute approximate surface area is 294 Å². The number of thiazole rings is 1. The molecule has 3 amide bonds. The maximum absolute atomic E-state index is 13.9. The number of aromatic nitrogens is 2. The smallest absolute Gasteiger partial charge is 0.343 e. The van der Waals surface area contributed by atoms with Crippen LogP contribution in [0.2, 0.25) is 0 Å². The van der Waals surface area contributed by atoms with Crippen molar-refractivity contribution in [2.45, 2.75) is 58.8 Å². The van der Waals surface area contributed by atoms with Gasteiger partial charge < -0.3 is 29.8 Å². The number of carbonyl (C=O) groups excluding carboxylic acids is 4. The van der Waals surface area contributed by atoms with E-state index in [0.717, 1.165) is 11.1 Å². The number of oxazole rings is 1. The van der Waals surface area contributed by atoms with Crippen LogP contribution in [0.15, 0.2) is 64.4 Å². The Morgan fingerprint density at radius 1 is 1.02 bits per heavy atom. The molecule has 264 valence electrons. The molecule has 3 heterocycles. The van der Waals surface area contributed by atoms with Crippen LogP contribution < -0.4 is 20.7 Å². The lowest BCUT2D eigenvalue weighted by atomic mass is 10.0. The van der Waals surface area contributed by atoms with Gasteiger partial charge >= 0.3 is 5.97 Å². The fraction of sp³-hybridized carbons (Fsp3) is 0.389. The van der Waals surface area contributed by atoms with Gasteiger partial charge in [0, 0.05) is 30.1 Å². The van der Waals surface area contributed by atoms with Crippen LogP contribution >= 0.6 is 11.3 Å². The topological polar surface area (TPSA) is 165 Å². The molecule has 50 heavy (non-hydrogen) atoms. The van der Waals surface area contributed by atoms with Crippen molar-refractivity contribution in [3.63, 3.8) is 0 Å². The van der Waals surface area contributed by atoms with Gasteiger partial charge in [-0.05, 0) is 37.8 Å². The van der Waals surface area contributed by atoms with Gasteiger partial charge in [-0.1, -0.05) is 62.4 Å². The fourth-order valence-corrected chi connectivity index (χ4v) is 6.45. The number of fused-ring (bicyclic) bond motifs is 4. The second-order valence-corrected chi connectivity index (χ2v) is 13.4. The van der Waals surface area contributed by atoms with Gasteiger partial charge in [-0.2, -0.15) is 0 Å². The first-order chi connectivity index (χ1) is 24.0. The van der Waals surface area contributed by atoms with Crippen LogP contribution in [0, 0.1) is 12.8 Å². The maximum Gasteiger partial charge on any atom is 0.343 e.